The smallest absolute Gasteiger partial charge is 0.261 e. The van der Waals surface area contributed by atoms with E-state index in [0.29, 0.717) is 33.8 Å². The van der Waals surface area contributed by atoms with Gasteiger partial charge in [0.05, 0.1) is 28.7 Å². The number of hydrogen-bond acceptors (Lipinski definition) is 7. The Morgan fingerprint density at radius 2 is 1.97 bits per heavy atom. The van der Waals surface area contributed by atoms with Crippen molar-refractivity contribution in [2.75, 3.05) is 51.3 Å². The lowest BCUT2D eigenvalue weighted by atomic mass is 10.1. The highest BCUT2D eigenvalue weighted by Gasteiger charge is 2.13. The molecule has 0 spiro atoms. The first-order valence-electron chi connectivity index (χ1n) is 11.3. The second kappa shape index (κ2) is 12.5. The molecule has 3 aromatic rings. The number of anilines is 1. The lowest BCUT2D eigenvalue weighted by Gasteiger charge is -2.26. The normalized spacial score (nSPS) is 14.2. The Hall–Kier alpha value is -2.23. The topological polar surface area (TPSA) is 79.4 Å². The van der Waals surface area contributed by atoms with Crippen LogP contribution < -0.4 is 10.6 Å². The van der Waals surface area contributed by atoms with E-state index in [-0.39, 0.29) is 5.91 Å². The van der Waals surface area contributed by atoms with Crippen LogP contribution in [0.3, 0.4) is 0 Å². The van der Waals surface area contributed by atoms with Crippen LogP contribution in [-0.2, 0) is 11.2 Å². The SMILES string of the molecule is O=C(NCCc1ccc(Cl)cc1Cl)c1ccc(-c2ccnc(NCCCN3CCOCC3)n2)s1. The molecule has 34 heavy (non-hydrogen) atoms. The van der Waals surface area contributed by atoms with Gasteiger partial charge in [0.15, 0.2) is 0 Å². The highest BCUT2D eigenvalue weighted by Crippen LogP contribution is 2.27. The molecule has 1 aromatic carbocycles. The van der Waals surface area contributed by atoms with Crippen LogP contribution in [-0.4, -0.2) is 66.7 Å². The molecule has 1 aliphatic rings. The summed E-state index contributed by atoms with van der Waals surface area (Å²) in [5.74, 6) is 0.482. The Morgan fingerprint density at radius 3 is 2.79 bits per heavy atom. The van der Waals surface area contributed by atoms with E-state index in [1.807, 2.05) is 24.3 Å². The van der Waals surface area contributed by atoms with E-state index < -0.39 is 0 Å². The van der Waals surface area contributed by atoms with Crippen molar-refractivity contribution >= 4 is 46.4 Å². The van der Waals surface area contributed by atoms with Crippen molar-refractivity contribution in [3.8, 4) is 10.6 Å². The average Bonchev–Trinajstić information content (AvgIpc) is 3.35. The number of morpholine rings is 1. The summed E-state index contributed by atoms with van der Waals surface area (Å²) < 4.78 is 5.38. The summed E-state index contributed by atoms with van der Waals surface area (Å²) in [5.41, 5.74) is 1.74. The van der Waals surface area contributed by atoms with Crippen molar-refractivity contribution in [2.24, 2.45) is 0 Å². The number of carbonyl (C=O) groups excluding carboxylic acids is 1. The predicted molar refractivity (Wildman–Crippen MR) is 138 cm³/mol. The van der Waals surface area contributed by atoms with E-state index in [2.05, 4.69) is 25.5 Å². The summed E-state index contributed by atoms with van der Waals surface area (Å²) in [4.78, 5) is 25.5. The summed E-state index contributed by atoms with van der Waals surface area (Å²) in [5, 5.41) is 7.45. The molecule has 0 bridgehead atoms. The standard InChI is InChI=1S/C24H27Cl2N5O2S/c25-18-3-2-17(19(26)16-18)6-9-27-23(32)22-5-4-21(34-22)20-7-10-29-24(30-20)28-8-1-11-31-12-14-33-15-13-31/h2-5,7,10,16H,1,6,8-9,11-15H2,(H,27,32)(H,28,29,30). The number of nitrogens with one attached hydrogen (secondary N) is 2. The Balaban J connectivity index is 1.26. The van der Waals surface area contributed by atoms with Crippen molar-refractivity contribution in [1.29, 1.82) is 0 Å². The molecule has 1 saturated heterocycles. The fourth-order valence-electron chi connectivity index (χ4n) is 3.63. The molecule has 1 aliphatic heterocycles. The van der Waals surface area contributed by atoms with Gasteiger partial charge in [-0.1, -0.05) is 29.3 Å². The molecule has 0 atom stereocenters. The quantitative estimate of drug-likeness (QED) is 0.380. The van der Waals surface area contributed by atoms with Crippen molar-refractivity contribution in [1.82, 2.24) is 20.2 Å². The van der Waals surface area contributed by atoms with E-state index in [1.165, 1.54) is 11.3 Å². The van der Waals surface area contributed by atoms with Crippen LogP contribution in [0.2, 0.25) is 10.0 Å². The number of amides is 1. The number of rotatable bonds is 10. The van der Waals surface area contributed by atoms with E-state index in [1.54, 1.807) is 18.3 Å². The summed E-state index contributed by atoms with van der Waals surface area (Å²) in [6.07, 6.45) is 3.38. The maximum Gasteiger partial charge on any atom is 0.261 e. The highest BCUT2D eigenvalue weighted by molar-refractivity contribution is 7.17. The van der Waals surface area contributed by atoms with Gasteiger partial charge < -0.3 is 15.4 Å². The number of carbonyl (C=O) groups is 1. The molecular formula is C24H27Cl2N5O2S. The second-order valence-corrected chi connectivity index (χ2v) is 9.83. The van der Waals surface area contributed by atoms with Gasteiger partial charge in [0.2, 0.25) is 5.95 Å². The van der Waals surface area contributed by atoms with Gasteiger partial charge >= 0.3 is 0 Å². The zero-order valence-electron chi connectivity index (χ0n) is 18.7. The molecule has 1 amide bonds. The minimum Gasteiger partial charge on any atom is -0.379 e. The first-order valence-corrected chi connectivity index (χ1v) is 12.8. The molecule has 7 nitrogen and oxygen atoms in total. The van der Waals surface area contributed by atoms with Crippen molar-refractivity contribution < 1.29 is 9.53 Å². The van der Waals surface area contributed by atoms with E-state index in [9.17, 15) is 4.79 Å². The number of aromatic nitrogens is 2. The fraction of sp³-hybridized carbons (Fsp3) is 0.375. The van der Waals surface area contributed by atoms with Gasteiger partial charge in [-0.3, -0.25) is 9.69 Å². The molecular weight excluding hydrogens is 493 g/mol. The summed E-state index contributed by atoms with van der Waals surface area (Å²) in [6, 6.07) is 11.0. The summed E-state index contributed by atoms with van der Waals surface area (Å²) in [7, 11) is 0. The van der Waals surface area contributed by atoms with Crippen LogP contribution in [0.25, 0.3) is 10.6 Å². The molecule has 0 aliphatic carbocycles. The van der Waals surface area contributed by atoms with E-state index in [4.69, 9.17) is 27.9 Å². The Labute approximate surface area is 213 Å². The predicted octanol–water partition coefficient (Wildman–Crippen LogP) is 4.62. The Kier molecular flexibility index (Phi) is 9.12. The molecule has 3 heterocycles. The lowest BCUT2D eigenvalue weighted by Crippen LogP contribution is -2.37. The molecule has 180 valence electrons. The molecule has 1 fully saturated rings. The molecule has 0 radical (unpaired) electrons. The van der Waals surface area contributed by atoms with Crippen LogP contribution in [0, 0.1) is 0 Å². The minimum absolute atomic E-state index is 0.114. The molecule has 4 rings (SSSR count). The number of benzene rings is 1. The third-order valence-corrected chi connectivity index (χ3v) is 7.16. The number of hydrogen-bond donors (Lipinski definition) is 2. The van der Waals surface area contributed by atoms with Crippen molar-refractivity contribution in [3.63, 3.8) is 0 Å². The van der Waals surface area contributed by atoms with Gasteiger partial charge in [-0.05, 0) is 55.3 Å². The average molecular weight is 520 g/mol. The zero-order valence-corrected chi connectivity index (χ0v) is 21.1. The molecule has 2 N–H and O–H groups in total. The molecule has 0 saturated carbocycles. The molecule has 0 unspecified atom stereocenters. The monoisotopic (exact) mass is 519 g/mol. The van der Waals surface area contributed by atoms with Crippen LogP contribution in [0.15, 0.2) is 42.6 Å². The van der Waals surface area contributed by atoms with Crippen LogP contribution in [0.1, 0.15) is 21.7 Å². The zero-order chi connectivity index (χ0) is 23.8. The number of ether oxygens (including phenoxy) is 1. The van der Waals surface area contributed by atoms with Gasteiger partial charge in [-0.2, -0.15) is 0 Å². The van der Waals surface area contributed by atoms with Gasteiger partial charge in [-0.25, -0.2) is 9.97 Å². The first kappa shape index (κ1) is 24.9. The largest absolute Gasteiger partial charge is 0.379 e. The summed E-state index contributed by atoms with van der Waals surface area (Å²) in [6.45, 7) is 5.94. The van der Waals surface area contributed by atoms with E-state index in [0.717, 1.165) is 61.9 Å². The highest BCUT2D eigenvalue weighted by atomic mass is 35.5. The third kappa shape index (κ3) is 7.13. The van der Waals surface area contributed by atoms with Crippen LogP contribution in [0.4, 0.5) is 5.95 Å². The van der Waals surface area contributed by atoms with E-state index >= 15 is 0 Å². The first-order chi connectivity index (χ1) is 16.6. The van der Waals surface area contributed by atoms with Crippen LogP contribution in [0.5, 0.6) is 0 Å². The molecule has 10 heteroatoms. The minimum atomic E-state index is -0.114. The third-order valence-electron chi connectivity index (χ3n) is 5.47. The van der Waals surface area contributed by atoms with Gasteiger partial charge in [-0.15, -0.1) is 11.3 Å². The number of thiophene rings is 1. The maximum absolute atomic E-state index is 12.6. The maximum atomic E-state index is 12.6. The van der Waals surface area contributed by atoms with Gasteiger partial charge in [0, 0.05) is 42.4 Å². The number of nitrogens with zero attached hydrogens (tertiary/aromatic N) is 3. The molecule has 2 aromatic heterocycles. The second-order valence-electron chi connectivity index (χ2n) is 7.91. The van der Waals surface area contributed by atoms with Gasteiger partial charge in [0.25, 0.3) is 5.91 Å². The van der Waals surface area contributed by atoms with Crippen LogP contribution >= 0.6 is 34.5 Å². The Bertz CT molecular complexity index is 1100. The van der Waals surface area contributed by atoms with Crippen molar-refractivity contribution in [3.05, 3.63) is 63.1 Å². The van der Waals surface area contributed by atoms with Gasteiger partial charge in [0.1, 0.15) is 0 Å². The van der Waals surface area contributed by atoms with Crippen molar-refractivity contribution in [2.45, 2.75) is 12.8 Å². The fourth-order valence-corrected chi connectivity index (χ4v) is 5.02. The number of halogens is 2. The Morgan fingerprint density at radius 1 is 1.12 bits per heavy atom. The summed E-state index contributed by atoms with van der Waals surface area (Å²) >= 11 is 13.5. The lowest BCUT2D eigenvalue weighted by molar-refractivity contribution is 0.0378.